The fourth-order valence-electron chi connectivity index (χ4n) is 1.43. The van der Waals surface area contributed by atoms with Gasteiger partial charge in [0.1, 0.15) is 0 Å². The van der Waals surface area contributed by atoms with Gasteiger partial charge in [0, 0.05) is 0 Å². The molecule has 0 heterocycles. The Bertz CT molecular complexity index is 318. The number of carboxylic acids is 1. The number of rotatable bonds is 3. The van der Waals surface area contributed by atoms with E-state index in [4.69, 9.17) is 5.11 Å². The van der Waals surface area contributed by atoms with Gasteiger partial charge in [-0.3, -0.25) is 9.53 Å². The Labute approximate surface area is 90.2 Å². The van der Waals surface area contributed by atoms with E-state index in [0.717, 1.165) is 0 Å². The van der Waals surface area contributed by atoms with E-state index >= 15 is 0 Å². The highest BCUT2D eigenvalue weighted by Gasteiger charge is 2.32. The van der Waals surface area contributed by atoms with Gasteiger partial charge in [0.25, 0.3) is 0 Å². The molecule has 3 nitrogen and oxygen atoms in total. The molecule has 0 aliphatic heterocycles. The number of hydrogen-bond acceptors (Lipinski definition) is 2. The van der Waals surface area contributed by atoms with E-state index in [9.17, 15) is 18.0 Å². The molecule has 90 valence electrons. The van der Waals surface area contributed by atoms with Gasteiger partial charge in [-0.2, -0.15) is 0 Å². The van der Waals surface area contributed by atoms with Crippen LogP contribution in [0.1, 0.15) is 19.3 Å². The van der Waals surface area contributed by atoms with Gasteiger partial charge in [-0.25, -0.2) is 0 Å². The number of alkyl halides is 3. The molecule has 1 atom stereocenters. The van der Waals surface area contributed by atoms with Crippen molar-refractivity contribution in [2.24, 2.45) is 0 Å². The molecule has 1 N–H and O–H groups in total. The van der Waals surface area contributed by atoms with Crippen LogP contribution in [0.15, 0.2) is 23.8 Å². The highest BCUT2D eigenvalue weighted by Crippen LogP contribution is 2.25. The Morgan fingerprint density at radius 3 is 2.81 bits per heavy atom. The topological polar surface area (TPSA) is 46.5 Å². The normalized spacial score (nSPS) is 21.4. The lowest BCUT2D eigenvalue weighted by atomic mass is 10.1. The zero-order valence-electron chi connectivity index (χ0n) is 8.33. The highest BCUT2D eigenvalue weighted by atomic mass is 19.4. The van der Waals surface area contributed by atoms with Crippen LogP contribution in [0.25, 0.3) is 0 Å². The van der Waals surface area contributed by atoms with Crippen LogP contribution in [0.3, 0.4) is 0 Å². The third kappa shape index (κ3) is 4.97. The van der Waals surface area contributed by atoms with E-state index in [1.807, 2.05) is 0 Å². The summed E-state index contributed by atoms with van der Waals surface area (Å²) in [7, 11) is 0. The number of hydrogen-bond donors (Lipinski definition) is 1. The Balaban J connectivity index is 2.49. The molecule has 0 amide bonds. The second-order valence-corrected chi connectivity index (χ2v) is 3.42. The van der Waals surface area contributed by atoms with E-state index in [2.05, 4.69) is 4.74 Å². The van der Waals surface area contributed by atoms with Crippen LogP contribution in [0.5, 0.6) is 0 Å². The first-order chi connectivity index (χ1) is 7.37. The summed E-state index contributed by atoms with van der Waals surface area (Å²) in [4.78, 5) is 10.4. The monoisotopic (exact) mass is 236 g/mol. The molecule has 1 rings (SSSR count). The van der Waals surface area contributed by atoms with Crippen LogP contribution in [0.4, 0.5) is 13.2 Å². The van der Waals surface area contributed by atoms with Crippen molar-refractivity contribution in [2.75, 3.05) is 0 Å². The summed E-state index contributed by atoms with van der Waals surface area (Å²) < 4.78 is 39.6. The average Bonchev–Trinajstić information content (AvgIpc) is 2.27. The van der Waals surface area contributed by atoms with Crippen molar-refractivity contribution in [3.05, 3.63) is 23.8 Å². The standard InChI is InChI=1S/C10H11F3O3/c11-10(12,13)16-8-3-1-2-7(4-5-8)6-9(14)15/h1-3,8H,4-6H2,(H,14,15). The van der Waals surface area contributed by atoms with Crippen molar-refractivity contribution in [3.63, 3.8) is 0 Å². The van der Waals surface area contributed by atoms with Crippen molar-refractivity contribution >= 4 is 5.97 Å². The first-order valence-corrected chi connectivity index (χ1v) is 4.69. The predicted molar refractivity (Wildman–Crippen MR) is 49.6 cm³/mol. The molecular weight excluding hydrogens is 225 g/mol. The van der Waals surface area contributed by atoms with Crippen molar-refractivity contribution in [1.82, 2.24) is 0 Å². The van der Waals surface area contributed by atoms with Crippen LogP contribution in [0.2, 0.25) is 0 Å². The van der Waals surface area contributed by atoms with E-state index < -0.39 is 18.4 Å². The second-order valence-electron chi connectivity index (χ2n) is 3.42. The molecule has 0 fully saturated rings. The van der Waals surface area contributed by atoms with Gasteiger partial charge < -0.3 is 5.11 Å². The molecule has 0 bridgehead atoms. The molecule has 0 aromatic heterocycles. The Kier molecular flexibility index (Phi) is 4.12. The SMILES string of the molecule is O=C(O)CC1=CC=CC(OC(F)(F)F)CC1. The van der Waals surface area contributed by atoms with Gasteiger partial charge in [-0.15, -0.1) is 13.2 Å². The lowest BCUT2D eigenvalue weighted by molar-refractivity contribution is -0.336. The van der Waals surface area contributed by atoms with Crippen LogP contribution in [0, 0.1) is 0 Å². The van der Waals surface area contributed by atoms with Gasteiger partial charge >= 0.3 is 12.3 Å². The maximum atomic E-state index is 11.9. The van der Waals surface area contributed by atoms with Crippen molar-refractivity contribution < 1.29 is 27.8 Å². The molecule has 1 aliphatic rings. The number of aliphatic carboxylic acids is 1. The maximum absolute atomic E-state index is 11.9. The number of ether oxygens (including phenoxy) is 1. The summed E-state index contributed by atoms with van der Waals surface area (Å²) in [6, 6.07) is 0. The quantitative estimate of drug-likeness (QED) is 0.819. The molecule has 1 aliphatic carbocycles. The molecule has 0 spiro atoms. The molecule has 0 radical (unpaired) electrons. The van der Waals surface area contributed by atoms with Gasteiger partial charge in [-0.1, -0.05) is 23.8 Å². The molecule has 0 aromatic carbocycles. The zero-order chi connectivity index (χ0) is 12.2. The first kappa shape index (κ1) is 12.8. The minimum Gasteiger partial charge on any atom is -0.481 e. The van der Waals surface area contributed by atoms with Crippen LogP contribution >= 0.6 is 0 Å². The lowest BCUT2D eigenvalue weighted by Crippen LogP contribution is -2.22. The summed E-state index contributed by atoms with van der Waals surface area (Å²) in [5, 5.41) is 8.53. The maximum Gasteiger partial charge on any atom is 0.523 e. The zero-order valence-corrected chi connectivity index (χ0v) is 8.33. The summed E-state index contributed by atoms with van der Waals surface area (Å²) in [5.74, 6) is -0.991. The van der Waals surface area contributed by atoms with E-state index in [1.165, 1.54) is 18.2 Å². The fourth-order valence-corrected chi connectivity index (χ4v) is 1.43. The second kappa shape index (κ2) is 5.16. The molecule has 16 heavy (non-hydrogen) atoms. The summed E-state index contributed by atoms with van der Waals surface area (Å²) in [5.41, 5.74) is 0.594. The summed E-state index contributed by atoms with van der Waals surface area (Å²) in [6.07, 6.45) is -1.22. The third-order valence-corrected chi connectivity index (χ3v) is 2.07. The van der Waals surface area contributed by atoms with Gasteiger partial charge in [0.2, 0.25) is 0 Å². The number of carbonyl (C=O) groups is 1. The van der Waals surface area contributed by atoms with Crippen molar-refractivity contribution in [1.29, 1.82) is 0 Å². The Morgan fingerprint density at radius 2 is 2.25 bits per heavy atom. The number of allylic oxidation sites excluding steroid dienone is 2. The molecule has 0 aromatic rings. The fraction of sp³-hybridized carbons (Fsp3) is 0.500. The first-order valence-electron chi connectivity index (χ1n) is 4.69. The van der Waals surface area contributed by atoms with Gasteiger partial charge in [0.05, 0.1) is 12.5 Å². The minimum absolute atomic E-state index is 0.134. The minimum atomic E-state index is -4.66. The van der Waals surface area contributed by atoms with Gasteiger partial charge in [-0.05, 0) is 12.8 Å². The highest BCUT2D eigenvalue weighted by molar-refractivity contribution is 5.70. The third-order valence-electron chi connectivity index (χ3n) is 2.07. The van der Waals surface area contributed by atoms with Crippen molar-refractivity contribution in [3.8, 4) is 0 Å². The molecule has 0 saturated carbocycles. The van der Waals surface area contributed by atoms with E-state index in [1.54, 1.807) is 0 Å². The Hall–Kier alpha value is -1.30. The van der Waals surface area contributed by atoms with Crippen LogP contribution in [-0.4, -0.2) is 23.5 Å². The largest absolute Gasteiger partial charge is 0.523 e. The van der Waals surface area contributed by atoms with E-state index in [-0.39, 0.29) is 12.8 Å². The van der Waals surface area contributed by atoms with E-state index in [0.29, 0.717) is 12.0 Å². The average molecular weight is 236 g/mol. The summed E-state index contributed by atoms with van der Waals surface area (Å²) in [6.45, 7) is 0. The van der Waals surface area contributed by atoms with Crippen molar-refractivity contribution in [2.45, 2.75) is 31.7 Å². The van der Waals surface area contributed by atoms with Gasteiger partial charge in [0.15, 0.2) is 0 Å². The van der Waals surface area contributed by atoms with Crippen LogP contribution in [-0.2, 0) is 9.53 Å². The number of halogens is 3. The number of carboxylic acid groups (broad SMARTS) is 1. The lowest BCUT2D eigenvalue weighted by Gasteiger charge is -2.15. The summed E-state index contributed by atoms with van der Waals surface area (Å²) >= 11 is 0. The van der Waals surface area contributed by atoms with Crippen LogP contribution < -0.4 is 0 Å². The molecule has 1 unspecified atom stereocenters. The Morgan fingerprint density at radius 1 is 1.56 bits per heavy atom. The smallest absolute Gasteiger partial charge is 0.481 e. The predicted octanol–water partition coefficient (Wildman–Crippen LogP) is 2.64. The molecule has 0 saturated heterocycles. The molecular formula is C10H11F3O3. The molecule has 6 heteroatoms.